The molecule has 3 heteroatoms. The van der Waals surface area contributed by atoms with Crippen molar-refractivity contribution in [1.29, 1.82) is 0 Å². The van der Waals surface area contributed by atoms with Gasteiger partial charge in [-0.15, -0.1) is 0 Å². The topological polar surface area (TPSA) is 23.0 Å². The maximum absolute atomic E-state index is 9.69. The standard InChI is InChI=1S/C48H30N2O/c1-3-12-31(13-4-1)36-18-11-21-46-48(36)39-25-24-35(30-47(39)51-46)50-43-20-10-8-17-38(43)41-29-33(23-27-45(41)50)32-22-26-44-40(28-32)37-16-7-9-19-42(37)49(44)34-14-5-2-6-15-34/h1-30H/i1D,3D,4D,7D,9D,12D,13D,16D,19D,22D,26D,28D. The summed E-state index contributed by atoms with van der Waals surface area (Å²) in [6, 6.07) is 29.3. The lowest BCUT2D eigenvalue weighted by Crippen LogP contribution is -1.93. The number of hydrogen-bond donors (Lipinski definition) is 0. The first-order valence-corrected chi connectivity index (χ1v) is 16.5. The number of nitrogens with zero attached hydrogens (tertiary/aromatic N) is 2. The largest absolute Gasteiger partial charge is 0.456 e. The summed E-state index contributed by atoms with van der Waals surface area (Å²) < 4.78 is 115. The van der Waals surface area contributed by atoms with E-state index in [0.29, 0.717) is 38.8 Å². The lowest BCUT2D eigenvalue weighted by atomic mass is 9.99. The number of para-hydroxylation sites is 3. The van der Waals surface area contributed by atoms with Crippen molar-refractivity contribution in [3.05, 3.63) is 182 Å². The predicted octanol–water partition coefficient (Wildman–Crippen LogP) is 13.1. The molecule has 0 aliphatic heterocycles. The van der Waals surface area contributed by atoms with Crippen molar-refractivity contribution in [1.82, 2.24) is 9.13 Å². The lowest BCUT2D eigenvalue weighted by molar-refractivity contribution is 0.668. The zero-order chi connectivity index (χ0) is 43.9. The van der Waals surface area contributed by atoms with Gasteiger partial charge < -0.3 is 13.6 Å². The molecule has 0 N–H and O–H groups in total. The number of fused-ring (bicyclic) bond motifs is 9. The van der Waals surface area contributed by atoms with Crippen LogP contribution in [0.3, 0.4) is 0 Å². The monoisotopic (exact) mass is 662 g/mol. The molecule has 0 unspecified atom stereocenters. The Hall–Kier alpha value is -6.84. The normalized spacial score (nSPS) is 15.2. The van der Waals surface area contributed by atoms with Gasteiger partial charge in [-0.3, -0.25) is 0 Å². The fraction of sp³-hybridized carbons (Fsp3) is 0. The van der Waals surface area contributed by atoms with Gasteiger partial charge in [0.05, 0.1) is 38.5 Å². The van der Waals surface area contributed by atoms with Crippen LogP contribution in [-0.2, 0) is 0 Å². The maximum atomic E-state index is 9.69. The Morgan fingerprint density at radius 1 is 0.412 bits per heavy atom. The summed E-state index contributed by atoms with van der Waals surface area (Å²) in [4.78, 5) is 0. The highest BCUT2D eigenvalue weighted by Gasteiger charge is 2.18. The summed E-state index contributed by atoms with van der Waals surface area (Å²) >= 11 is 0. The van der Waals surface area contributed by atoms with E-state index in [0.717, 1.165) is 27.5 Å². The molecule has 0 aliphatic carbocycles. The van der Waals surface area contributed by atoms with Crippen LogP contribution in [0.5, 0.6) is 0 Å². The predicted molar refractivity (Wildman–Crippen MR) is 213 cm³/mol. The molecule has 11 rings (SSSR count). The first-order valence-electron chi connectivity index (χ1n) is 22.5. The molecular formula is C48H30N2O. The molecule has 238 valence electrons. The molecule has 0 saturated heterocycles. The Balaban J connectivity index is 1.13. The van der Waals surface area contributed by atoms with Crippen LogP contribution in [0.2, 0.25) is 0 Å². The average Bonchev–Trinajstić information content (AvgIpc) is 3.97. The van der Waals surface area contributed by atoms with Crippen LogP contribution in [0.4, 0.5) is 0 Å². The van der Waals surface area contributed by atoms with E-state index >= 15 is 0 Å². The third kappa shape index (κ3) is 4.19. The first kappa shape index (κ1) is 18.8. The van der Waals surface area contributed by atoms with Gasteiger partial charge in [0.1, 0.15) is 11.2 Å². The molecule has 11 aromatic rings. The van der Waals surface area contributed by atoms with E-state index in [9.17, 15) is 4.11 Å². The van der Waals surface area contributed by atoms with Gasteiger partial charge in [-0.25, -0.2) is 0 Å². The number of benzene rings is 8. The number of hydrogen-bond acceptors (Lipinski definition) is 1. The molecule has 0 saturated carbocycles. The van der Waals surface area contributed by atoms with Crippen molar-refractivity contribution in [3.63, 3.8) is 0 Å². The van der Waals surface area contributed by atoms with Crippen molar-refractivity contribution >= 4 is 65.6 Å². The molecule has 3 aromatic heterocycles. The first-order chi connectivity index (χ1) is 30.3. The van der Waals surface area contributed by atoms with Gasteiger partial charge in [-0.05, 0) is 88.9 Å². The fourth-order valence-corrected chi connectivity index (χ4v) is 7.45. The quantitative estimate of drug-likeness (QED) is 0.184. The lowest BCUT2D eigenvalue weighted by Gasteiger charge is -2.09. The third-order valence-electron chi connectivity index (χ3n) is 9.64. The molecule has 0 aliphatic rings. The maximum Gasteiger partial charge on any atom is 0.137 e. The molecular weight excluding hydrogens is 621 g/mol. The SMILES string of the molecule is [2H]c1c([2H])c([2H])c(-c2cccc3oc4cc(-n5c6ccccc6c6cc(-c7c([2H])c([2H])c8c(c7[2H])c7c([2H])c([2H])c([2H])c([2H])c7n8-c7ccccc7)ccc65)ccc4c23)c([2H])c1[2H]. The average molecular weight is 663 g/mol. The van der Waals surface area contributed by atoms with Crippen LogP contribution in [0.25, 0.3) is 99.2 Å². The minimum absolute atomic E-state index is 0.0892. The summed E-state index contributed by atoms with van der Waals surface area (Å²) in [6.07, 6.45) is 0. The molecule has 0 radical (unpaired) electrons. The fourth-order valence-electron chi connectivity index (χ4n) is 7.45. The van der Waals surface area contributed by atoms with E-state index in [-0.39, 0.29) is 75.2 Å². The smallest absolute Gasteiger partial charge is 0.137 e. The van der Waals surface area contributed by atoms with Crippen molar-refractivity contribution in [3.8, 4) is 33.6 Å². The Labute approximate surface area is 310 Å². The van der Waals surface area contributed by atoms with Gasteiger partial charge in [-0.2, -0.15) is 0 Å². The molecule has 0 atom stereocenters. The van der Waals surface area contributed by atoms with Crippen molar-refractivity contribution < 1.29 is 20.9 Å². The van der Waals surface area contributed by atoms with Crippen LogP contribution in [0, 0.1) is 0 Å². The molecule has 0 amide bonds. The van der Waals surface area contributed by atoms with E-state index < -0.39 is 30.2 Å². The van der Waals surface area contributed by atoms with Crippen LogP contribution in [-0.4, -0.2) is 9.13 Å². The highest BCUT2D eigenvalue weighted by atomic mass is 16.3. The highest BCUT2D eigenvalue weighted by molar-refractivity contribution is 6.15. The Morgan fingerprint density at radius 2 is 1.20 bits per heavy atom. The summed E-state index contributed by atoms with van der Waals surface area (Å²) in [5, 5.41) is 3.27. The number of furan rings is 1. The Kier molecular flexibility index (Phi) is 3.99. The Morgan fingerprint density at radius 3 is 2.12 bits per heavy atom. The van der Waals surface area contributed by atoms with Gasteiger partial charge >= 0.3 is 0 Å². The summed E-state index contributed by atoms with van der Waals surface area (Å²) in [6.45, 7) is 0. The molecule has 8 aromatic carbocycles. The second-order valence-electron chi connectivity index (χ2n) is 12.4. The zero-order valence-corrected chi connectivity index (χ0v) is 26.7. The number of rotatable bonds is 4. The van der Waals surface area contributed by atoms with Gasteiger partial charge in [-0.1, -0.05) is 109 Å². The molecule has 0 fully saturated rings. The van der Waals surface area contributed by atoms with Crippen LogP contribution in [0.1, 0.15) is 16.4 Å². The van der Waals surface area contributed by atoms with Gasteiger partial charge in [0, 0.05) is 49.8 Å². The Bertz CT molecular complexity index is 3800. The van der Waals surface area contributed by atoms with Crippen molar-refractivity contribution in [2.24, 2.45) is 0 Å². The molecule has 3 nitrogen and oxygen atoms in total. The summed E-state index contributed by atoms with van der Waals surface area (Å²) in [5.74, 6) is 0. The minimum atomic E-state index is -0.464. The molecule has 0 bridgehead atoms. The van der Waals surface area contributed by atoms with Gasteiger partial charge in [0.2, 0.25) is 0 Å². The molecule has 3 heterocycles. The van der Waals surface area contributed by atoms with Crippen LogP contribution in [0.15, 0.2) is 186 Å². The third-order valence-corrected chi connectivity index (χ3v) is 9.64. The van der Waals surface area contributed by atoms with Gasteiger partial charge in [0.25, 0.3) is 0 Å². The summed E-state index contributed by atoms with van der Waals surface area (Å²) in [7, 11) is 0. The molecule has 51 heavy (non-hydrogen) atoms. The van der Waals surface area contributed by atoms with Crippen molar-refractivity contribution in [2.75, 3.05) is 0 Å². The summed E-state index contributed by atoms with van der Waals surface area (Å²) in [5.41, 5.74) is 5.44. The zero-order valence-electron chi connectivity index (χ0n) is 38.7. The van der Waals surface area contributed by atoms with E-state index in [4.69, 9.17) is 16.8 Å². The van der Waals surface area contributed by atoms with E-state index in [1.165, 1.54) is 0 Å². The van der Waals surface area contributed by atoms with Crippen LogP contribution >= 0.6 is 0 Å². The van der Waals surface area contributed by atoms with E-state index in [1.807, 2.05) is 60.7 Å². The number of aromatic nitrogens is 2. The van der Waals surface area contributed by atoms with Crippen LogP contribution < -0.4 is 0 Å². The van der Waals surface area contributed by atoms with Crippen molar-refractivity contribution in [2.45, 2.75) is 0 Å². The van der Waals surface area contributed by atoms with Gasteiger partial charge in [0.15, 0.2) is 0 Å². The second kappa shape index (κ2) is 10.8. The van der Waals surface area contributed by atoms with E-state index in [2.05, 4.69) is 4.57 Å². The second-order valence-corrected chi connectivity index (χ2v) is 12.4. The van der Waals surface area contributed by atoms with E-state index in [1.54, 1.807) is 53.1 Å². The molecule has 0 spiro atoms. The minimum Gasteiger partial charge on any atom is -0.456 e. The highest BCUT2D eigenvalue weighted by Crippen LogP contribution is 2.41.